The summed E-state index contributed by atoms with van der Waals surface area (Å²) in [4.78, 5) is 12.9. The number of benzene rings is 2. The minimum Gasteiger partial charge on any atom is -0.495 e. The second kappa shape index (κ2) is 6.57. The van der Waals surface area contributed by atoms with E-state index in [1.807, 2.05) is 0 Å². The van der Waals surface area contributed by atoms with Gasteiger partial charge in [0.25, 0.3) is 5.91 Å². The van der Waals surface area contributed by atoms with E-state index in [-0.39, 0.29) is 5.91 Å². The Kier molecular flexibility index (Phi) is 4.69. The van der Waals surface area contributed by atoms with Crippen LogP contribution in [0.15, 0.2) is 36.4 Å². The molecule has 0 saturated carbocycles. The SMILES string of the molecule is COc1ccc2c(Cl)c(C(=O)Nc3ccc(Cl)cc3)sc2c1Cl. The van der Waals surface area contributed by atoms with Gasteiger partial charge < -0.3 is 10.1 Å². The minimum atomic E-state index is -0.298. The molecule has 118 valence electrons. The lowest BCUT2D eigenvalue weighted by molar-refractivity contribution is 0.103. The summed E-state index contributed by atoms with van der Waals surface area (Å²) in [6, 6.07) is 10.4. The Balaban J connectivity index is 1.99. The fourth-order valence-corrected chi connectivity index (χ4v) is 4.02. The van der Waals surface area contributed by atoms with Crippen LogP contribution in [-0.4, -0.2) is 13.0 Å². The Morgan fingerprint density at radius 2 is 1.74 bits per heavy atom. The molecule has 0 saturated heterocycles. The highest BCUT2D eigenvalue weighted by Gasteiger charge is 2.20. The fraction of sp³-hybridized carbons (Fsp3) is 0.0625. The third-order valence-electron chi connectivity index (χ3n) is 3.23. The Morgan fingerprint density at radius 3 is 2.39 bits per heavy atom. The van der Waals surface area contributed by atoms with Crippen molar-refractivity contribution in [3.05, 3.63) is 56.3 Å². The quantitative estimate of drug-likeness (QED) is 0.588. The van der Waals surface area contributed by atoms with Crippen LogP contribution in [-0.2, 0) is 0 Å². The van der Waals surface area contributed by atoms with Crippen LogP contribution in [0.3, 0.4) is 0 Å². The molecule has 0 spiro atoms. The second-order valence-electron chi connectivity index (χ2n) is 4.66. The van der Waals surface area contributed by atoms with E-state index in [9.17, 15) is 4.79 Å². The molecule has 2 aromatic carbocycles. The van der Waals surface area contributed by atoms with Crippen molar-refractivity contribution in [1.82, 2.24) is 0 Å². The first kappa shape index (κ1) is 16.4. The standard InChI is InChI=1S/C16H10Cl3NO2S/c1-22-11-7-6-10-12(18)15(23-14(10)13(11)19)16(21)20-9-4-2-8(17)3-5-9/h2-7H,1H3,(H,20,21). The van der Waals surface area contributed by atoms with Crippen LogP contribution in [0.5, 0.6) is 5.75 Å². The predicted octanol–water partition coefficient (Wildman–Crippen LogP) is 6.12. The number of hydrogen-bond donors (Lipinski definition) is 1. The van der Waals surface area contributed by atoms with Crippen LogP contribution in [0.25, 0.3) is 10.1 Å². The first-order valence-electron chi connectivity index (χ1n) is 6.52. The number of carbonyl (C=O) groups excluding carboxylic acids is 1. The molecule has 0 radical (unpaired) electrons. The summed E-state index contributed by atoms with van der Waals surface area (Å²) in [5, 5.41) is 4.94. The third-order valence-corrected chi connectivity index (χ3v) is 5.70. The number of methoxy groups -OCH3 is 1. The van der Waals surface area contributed by atoms with Crippen LogP contribution >= 0.6 is 46.1 Å². The number of anilines is 1. The highest BCUT2D eigenvalue weighted by atomic mass is 35.5. The van der Waals surface area contributed by atoms with Gasteiger partial charge >= 0.3 is 0 Å². The number of fused-ring (bicyclic) bond motifs is 1. The summed E-state index contributed by atoms with van der Waals surface area (Å²) in [5.74, 6) is 0.246. The normalized spacial score (nSPS) is 10.8. The number of rotatable bonds is 3. The van der Waals surface area contributed by atoms with Gasteiger partial charge in [0.2, 0.25) is 0 Å². The monoisotopic (exact) mass is 385 g/mol. The second-order valence-corrected chi connectivity index (χ2v) is 6.88. The van der Waals surface area contributed by atoms with Crippen molar-refractivity contribution in [2.24, 2.45) is 0 Å². The predicted molar refractivity (Wildman–Crippen MR) is 97.8 cm³/mol. The van der Waals surface area contributed by atoms with Crippen molar-refractivity contribution in [3.8, 4) is 5.75 Å². The molecule has 0 atom stereocenters. The first-order chi connectivity index (χ1) is 11.0. The highest BCUT2D eigenvalue weighted by molar-refractivity contribution is 7.22. The molecule has 3 nitrogen and oxygen atoms in total. The van der Waals surface area contributed by atoms with Gasteiger partial charge in [0, 0.05) is 16.1 Å². The molecule has 7 heteroatoms. The van der Waals surface area contributed by atoms with E-state index in [2.05, 4.69) is 5.32 Å². The van der Waals surface area contributed by atoms with E-state index >= 15 is 0 Å². The van der Waals surface area contributed by atoms with Crippen molar-refractivity contribution in [1.29, 1.82) is 0 Å². The van der Waals surface area contributed by atoms with E-state index in [0.717, 1.165) is 10.1 Å². The molecule has 1 N–H and O–H groups in total. The maximum Gasteiger partial charge on any atom is 0.267 e. The summed E-state index contributed by atoms with van der Waals surface area (Å²) in [7, 11) is 1.54. The van der Waals surface area contributed by atoms with Crippen LogP contribution in [0.1, 0.15) is 9.67 Å². The van der Waals surface area contributed by atoms with Crippen LogP contribution in [0.4, 0.5) is 5.69 Å². The maximum atomic E-state index is 12.5. The lowest BCUT2D eigenvalue weighted by atomic mass is 10.2. The lowest BCUT2D eigenvalue weighted by Crippen LogP contribution is -2.10. The number of amides is 1. The van der Waals surface area contributed by atoms with E-state index in [1.165, 1.54) is 18.4 Å². The molecule has 1 heterocycles. The van der Waals surface area contributed by atoms with Crippen LogP contribution in [0.2, 0.25) is 15.1 Å². The molecule has 1 amide bonds. The van der Waals surface area contributed by atoms with Crippen LogP contribution in [0, 0.1) is 0 Å². The molecule has 23 heavy (non-hydrogen) atoms. The summed E-state index contributed by atoms with van der Waals surface area (Å²) in [6.07, 6.45) is 0. The zero-order chi connectivity index (χ0) is 16.6. The highest BCUT2D eigenvalue weighted by Crippen LogP contribution is 2.43. The molecular weight excluding hydrogens is 377 g/mol. The number of nitrogens with one attached hydrogen (secondary N) is 1. The molecule has 3 rings (SSSR count). The van der Waals surface area contributed by atoms with Gasteiger partial charge in [-0.25, -0.2) is 0 Å². The Morgan fingerprint density at radius 1 is 1.04 bits per heavy atom. The van der Waals surface area contributed by atoms with Crippen molar-refractivity contribution >= 4 is 67.8 Å². The number of halogens is 3. The Bertz CT molecular complexity index is 890. The van der Waals surface area contributed by atoms with Gasteiger partial charge in [-0.05, 0) is 36.4 Å². The van der Waals surface area contributed by atoms with Crippen LogP contribution < -0.4 is 10.1 Å². The molecule has 0 bridgehead atoms. The summed E-state index contributed by atoms with van der Waals surface area (Å²) >= 11 is 19.7. The average Bonchev–Trinajstić information content (AvgIpc) is 2.88. The first-order valence-corrected chi connectivity index (χ1v) is 8.47. The van der Waals surface area contributed by atoms with Gasteiger partial charge in [-0.3, -0.25) is 4.79 Å². The van der Waals surface area contributed by atoms with Gasteiger partial charge in [-0.15, -0.1) is 11.3 Å². The number of carbonyl (C=O) groups is 1. The molecule has 0 unspecified atom stereocenters. The molecule has 0 aliphatic heterocycles. The molecule has 1 aromatic heterocycles. The summed E-state index contributed by atoms with van der Waals surface area (Å²) in [6.45, 7) is 0. The molecule has 3 aromatic rings. The minimum absolute atomic E-state index is 0.298. The van der Waals surface area contributed by atoms with Gasteiger partial charge in [0.05, 0.1) is 16.8 Å². The topological polar surface area (TPSA) is 38.3 Å². The number of thiophene rings is 1. The Hall–Kier alpha value is -1.46. The molecule has 0 fully saturated rings. The molecule has 0 aliphatic carbocycles. The summed E-state index contributed by atoms with van der Waals surface area (Å²) in [5.41, 5.74) is 0.636. The zero-order valence-corrected chi connectivity index (χ0v) is 14.9. The smallest absolute Gasteiger partial charge is 0.267 e. The summed E-state index contributed by atoms with van der Waals surface area (Å²) < 4.78 is 5.91. The largest absolute Gasteiger partial charge is 0.495 e. The van der Waals surface area contributed by atoms with E-state index in [1.54, 1.807) is 36.4 Å². The van der Waals surface area contributed by atoms with Crippen molar-refractivity contribution in [2.45, 2.75) is 0 Å². The maximum absolute atomic E-state index is 12.5. The van der Waals surface area contributed by atoms with Gasteiger partial charge in [-0.1, -0.05) is 34.8 Å². The third kappa shape index (κ3) is 3.12. The van der Waals surface area contributed by atoms with Gasteiger partial charge in [0.1, 0.15) is 15.6 Å². The van der Waals surface area contributed by atoms with Crippen molar-refractivity contribution in [2.75, 3.05) is 12.4 Å². The number of hydrogen-bond acceptors (Lipinski definition) is 3. The molecular formula is C16H10Cl3NO2S. The average molecular weight is 387 g/mol. The van der Waals surface area contributed by atoms with E-state index < -0.39 is 0 Å². The van der Waals surface area contributed by atoms with Gasteiger partial charge in [-0.2, -0.15) is 0 Å². The van der Waals surface area contributed by atoms with Gasteiger partial charge in [0.15, 0.2) is 0 Å². The fourth-order valence-electron chi connectivity index (χ4n) is 2.10. The Labute approximate surface area is 151 Å². The van der Waals surface area contributed by atoms with Crippen molar-refractivity contribution in [3.63, 3.8) is 0 Å². The lowest BCUT2D eigenvalue weighted by Gasteiger charge is -2.03. The zero-order valence-electron chi connectivity index (χ0n) is 11.8. The van der Waals surface area contributed by atoms with E-state index in [4.69, 9.17) is 39.5 Å². The number of ether oxygens (including phenoxy) is 1. The van der Waals surface area contributed by atoms with E-state index in [0.29, 0.717) is 31.4 Å². The van der Waals surface area contributed by atoms with Crippen molar-refractivity contribution < 1.29 is 9.53 Å². The molecule has 0 aliphatic rings.